The highest BCUT2D eigenvalue weighted by Crippen LogP contribution is 2.28. The molecule has 0 fully saturated rings. The lowest BCUT2D eigenvalue weighted by Gasteiger charge is -2.17. The van der Waals surface area contributed by atoms with E-state index in [0.29, 0.717) is 5.69 Å². The average molecular weight is 469 g/mol. The molecular weight excluding hydrogens is 444 g/mol. The number of halogens is 1. The second kappa shape index (κ2) is 8.96. The summed E-state index contributed by atoms with van der Waals surface area (Å²) in [6.45, 7) is 3.73. The number of hydrogen-bond donors (Lipinski definition) is 2. The second-order valence-electron chi connectivity index (χ2n) is 8.14. The Morgan fingerprint density at radius 1 is 1.00 bits per heavy atom. The fourth-order valence-electron chi connectivity index (χ4n) is 3.96. The van der Waals surface area contributed by atoms with Crippen molar-refractivity contribution >= 4 is 33.2 Å². The SMILES string of the molecule is Cc1ccccc1NS(=O)(=O)c1cc(C(=O)N[C@@H](C)c2ccc3c(c2)CCC3)ccc1Cl. The van der Waals surface area contributed by atoms with Crippen LogP contribution in [0.25, 0.3) is 0 Å². The van der Waals surface area contributed by atoms with Crippen LogP contribution >= 0.6 is 11.6 Å². The van der Waals surface area contributed by atoms with Gasteiger partial charge in [-0.05, 0) is 79.6 Å². The van der Waals surface area contributed by atoms with E-state index in [-0.39, 0.29) is 27.4 Å². The lowest BCUT2D eigenvalue weighted by atomic mass is 10.0. The van der Waals surface area contributed by atoms with Gasteiger partial charge in [-0.25, -0.2) is 8.42 Å². The average Bonchev–Trinajstić information content (AvgIpc) is 3.23. The fraction of sp³-hybridized carbons (Fsp3) is 0.240. The zero-order chi connectivity index (χ0) is 22.9. The number of aryl methyl sites for hydroxylation is 3. The van der Waals surface area contributed by atoms with Gasteiger partial charge in [-0.3, -0.25) is 9.52 Å². The number of amides is 1. The summed E-state index contributed by atoms with van der Waals surface area (Å²) in [7, 11) is -3.97. The molecule has 166 valence electrons. The Morgan fingerprint density at radius 3 is 2.53 bits per heavy atom. The predicted octanol–water partition coefficient (Wildman–Crippen LogP) is 5.43. The maximum absolute atomic E-state index is 13.0. The van der Waals surface area contributed by atoms with Crippen molar-refractivity contribution in [1.82, 2.24) is 5.32 Å². The van der Waals surface area contributed by atoms with E-state index in [4.69, 9.17) is 11.6 Å². The normalized spacial score (nSPS) is 14.0. The zero-order valence-electron chi connectivity index (χ0n) is 18.0. The third-order valence-electron chi connectivity index (χ3n) is 5.84. The molecule has 2 N–H and O–H groups in total. The molecule has 4 rings (SSSR count). The fourth-order valence-corrected chi connectivity index (χ4v) is 5.62. The van der Waals surface area contributed by atoms with Crippen LogP contribution in [0.15, 0.2) is 65.6 Å². The number of sulfonamides is 1. The van der Waals surface area contributed by atoms with Crippen molar-refractivity contribution in [3.63, 3.8) is 0 Å². The maximum atomic E-state index is 13.0. The molecule has 0 saturated carbocycles. The topological polar surface area (TPSA) is 75.3 Å². The summed E-state index contributed by atoms with van der Waals surface area (Å²) in [6.07, 6.45) is 3.34. The lowest BCUT2D eigenvalue weighted by Crippen LogP contribution is -2.27. The molecule has 1 aliphatic rings. The maximum Gasteiger partial charge on any atom is 0.263 e. The van der Waals surface area contributed by atoms with Crippen LogP contribution in [-0.2, 0) is 22.9 Å². The molecule has 3 aromatic rings. The quantitative estimate of drug-likeness (QED) is 0.506. The Morgan fingerprint density at radius 2 is 1.75 bits per heavy atom. The van der Waals surface area contributed by atoms with Gasteiger partial charge < -0.3 is 5.32 Å². The number of carbonyl (C=O) groups excluding carboxylic acids is 1. The number of rotatable bonds is 6. The summed E-state index contributed by atoms with van der Waals surface area (Å²) in [6, 6.07) is 17.4. The van der Waals surface area contributed by atoms with Crippen LogP contribution in [0.1, 0.15) is 52.0 Å². The largest absolute Gasteiger partial charge is 0.346 e. The van der Waals surface area contributed by atoms with Gasteiger partial charge in [0.2, 0.25) is 0 Å². The van der Waals surface area contributed by atoms with E-state index in [1.54, 1.807) is 12.1 Å². The van der Waals surface area contributed by atoms with Gasteiger partial charge in [0.15, 0.2) is 0 Å². The molecule has 3 aromatic carbocycles. The molecule has 32 heavy (non-hydrogen) atoms. The van der Waals surface area contributed by atoms with Crippen LogP contribution in [0.5, 0.6) is 0 Å². The molecule has 0 aromatic heterocycles. The van der Waals surface area contributed by atoms with E-state index in [9.17, 15) is 13.2 Å². The van der Waals surface area contributed by atoms with Crippen LogP contribution in [0.2, 0.25) is 5.02 Å². The molecule has 7 heteroatoms. The van der Waals surface area contributed by atoms with E-state index in [0.717, 1.165) is 30.4 Å². The van der Waals surface area contributed by atoms with E-state index in [1.165, 1.54) is 29.3 Å². The summed E-state index contributed by atoms with van der Waals surface area (Å²) in [5, 5.41) is 3.01. The van der Waals surface area contributed by atoms with Crippen molar-refractivity contribution in [2.45, 2.75) is 44.0 Å². The predicted molar refractivity (Wildman–Crippen MR) is 128 cm³/mol. The van der Waals surface area contributed by atoms with Gasteiger partial charge in [0, 0.05) is 5.56 Å². The Labute approximate surface area is 193 Å². The molecule has 5 nitrogen and oxygen atoms in total. The number of fused-ring (bicyclic) bond motifs is 1. The molecule has 0 heterocycles. The number of anilines is 1. The van der Waals surface area contributed by atoms with Gasteiger partial charge in [0.1, 0.15) is 4.90 Å². The van der Waals surface area contributed by atoms with Gasteiger partial charge in [0.25, 0.3) is 15.9 Å². The molecular formula is C25H25ClN2O3S. The minimum absolute atomic E-state index is 0.0503. The Kier molecular flexibility index (Phi) is 6.26. The summed E-state index contributed by atoms with van der Waals surface area (Å²) >= 11 is 6.20. The first-order valence-electron chi connectivity index (χ1n) is 10.5. The minimum Gasteiger partial charge on any atom is -0.346 e. The van der Waals surface area contributed by atoms with Crippen molar-refractivity contribution in [2.75, 3.05) is 4.72 Å². The van der Waals surface area contributed by atoms with Gasteiger partial charge in [0.05, 0.1) is 16.8 Å². The Balaban J connectivity index is 1.55. The number of nitrogens with one attached hydrogen (secondary N) is 2. The van der Waals surface area contributed by atoms with E-state index >= 15 is 0 Å². The zero-order valence-corrected chi connectivity index (χ0v) is 19.6. The lowest BCUT2D eigenvalue weighted by molar-refractivity contribution is 0.0939. The Hall–Kier alpha value is -2.83. The monoisotopic (exact) mass is 468 g/mol. The van der Waals surface area contributed by atoms with Crippen LogP contribution < -0.4 is 10.0 Å². The number of para-hydroxylation sites is 1. The molecule has 1 amide bonds. The molecule has 1 atom stereocenters. The third-order valence-corrected chi connectivity index (χ3v) is 7.69. The first-order valence-corrected chi connectivity index (χ1v) is 12.4. The summed E-state index contributed by atoms with van der Waals surface area (Å²) in [4.78, 5) is 12.8. The molecule has 0 saturated heterocycles. The van der Waals surface area contributed by atoms with Crippen LogP contribution in [0, 0.1) is 6.92 Å². The van der Waals surface area contributed by atoms with Gasteiger partial charge in [-0.1, -0.05) is 48.0 Å². The smallest absolute Gasteiger partial charge is 0.263 e. The van der Waals surface area contributed by atoms with E-state index in [1.807, 2.05) is 32.0 Å². The molecule has 1 aliphatic carbocycles. The highest BCUT2D eigenvalue weighted by Gasteiger charge is 2.22. The van der Waals surface area contributed by atoms with E-state index in [2.05, 4.69) is 22.2 Å². The van der Waals surface area contributed by atoms with Crippen LogP contribution in [-0.4, -0.2) is 14.3 Å². The third kappa shape index (κ3) is 4.66. The summed E-state index contributed by atoms with van der Waals surface area (Å²) in [5.74, 6) is -0.359. The highest BCUT2D eigenvalue weighted by molar-refractivity contribution is 7.92. The standard InChI is InChI=1S/C25H25ClN2O3S/c1-16-6-3-4-9-23(16)28-32(30,31)24-15-21(12-13-22(24)26)25(29)27-17(2)19-11-10-18-7-5-8-20(18)14-19/h3-4,6,9-15,17,28H,5,7-8H2,1-2H3,(H,27,29)/t17-/m0/s1. The highest BCUT2D eigenvalue weighted by atomic mass is 35.5. The first-order chi connectivity index (χ1) is 15.2. The van der Waals surface area contributed by atoms with Crippen molar-refractivity contribution in [2.24, 2.45) is 0 Å². The van der Waals surface area contributed by atoms with Crippen LogP contribution in [0.3, 0.4) is 0 Å². The number of carbonyl (C=O) groups is 1. The summed E-state index contributed by atoms with van der Waals surface area (Å²) in [5.41, 5.74) is 5.22. The summed E-state index contributed by atoms with van der Waals surface area (Å²) < 4.78 is 28.5. The molecule has 0 spiro atoms. The van der Waals surface area contributed by atoms with Crippen LogP contribution in [0.4, 0.5) is 5.69 Å². The van der Waals surface area contributed by atoms with Gasteiger partial charge >= 0.3 is 0 Å². The van der Waals surface area contributed by atoms with Crippen molar-refractivity contribution in [3.05, 3.63) is 93.5 Å². The van der Waals surface area contributed by atoms with Crippen molar-refractivity contribution < 1.29 is 13.2 Å². The molecule has 0 aliphatic heterocycles. The van der Waals surface area contributed by atoms with Crippen molar-refractivity contribution in [3.8, 4) is 0 Å². The van der Waals surface area contributed by atoms with Crippen molar-refractivity contribution in [1.29, 1.82) is 0 Å². The van der Waals surface area contributed by atoms with Gasteiger partial charge in [-0.15, -0.1) is 0 Å². The molecule has 0 bridgehead atoms. The molecule has 0 radical (unpaired) electrons. The van der Waals surface area contributed by atoms with Gasteiger partial charge in [-0.2, -0.15) is 0 Å². The Bertz CT molecular complexity index is 1290. The first kappa shape index (κ1) is 22.4. The second-order valence-corrected chi connectivity index (χ2v) is 10.2. The minimum atomic E-state index is -3.97. The molecule has 0 unspecified atom stereocenters. The number of benzene rings is 3. The number of hydrogen-bond acceptors (Lipinski definition) is 3. The van der Waals surface area contributed by atoms with E-state index < -0.39 is 10.0 Å².